The van der Waals surface area contributed by atoms with Gasteiger partial charge in [-0.15, -0.1) is 0 Å². The number of benzene rings is 2. The summed E-state index contributed by atoms with van der Waals surface area (Å²) in [6.07, 6.45) is 3.20. The van der Waals surface area contributed by atoms with Gasteiger partial charge in [-0.3, -0.25) is 0 Å². The molecule has 0 saturated carbocycles. The van der Waals surface area contributed by atoms with Crippen LogP contribution in [0.2, 0.25) is 0 Å². The van der Waals surface area contributed by atoms with Crippen LogP contribution in [0.5, 0.6) is 0 Å². The SMILES string of the molecule is CN(C)CCc1c[nH]c2ccc(-c3c[c]ccc3)cc12. The molecule has 1 aromatic heterocycles. The topological polar surface area (TPSA) is 19.0 Å². The van der Waals surface area contributed by atoms with E-state index >= 15 is 0 Å². The summed E-state index contributed by atoms with van der Waals surface area (Å²) in [4.78, 5) is 5.58. The van der Waals surface area contributed by atoms with Gasteiger partial charge in [-0.25, -0.2) is 0 Å². The number of rotatable bonds is 4. The zero-order valence-electron chi connectivity index (χ0n) is 12.0. The van der Waals surface area contributed by atoms with Gasteiger partial charge in [0.15, 0.2) is 0 Å². The second kappa shape index (κ2) is 5.51. The molecule has 0 bridgehead atoms. The Morgan fingerprint density at radius 3 is 2.80 bits per heavy atom. The molecule has 3 rings (SSSR count). The molecule has 0 saturated heterocycles. The van der Waals surface area contributed by atoms with E-state index in [4.69, 9.17) is 0 Å². The summed E-state index contributed by atoms with van der Waals surface area (Å²) < 4.78 is 0. The van der Waals surface area contributed by atoms with E-state index in [1.165, 1.54) is 27.6 Å². The summed E-state index contributed by atoms with van der Waals surface area (Å²) in [7, 11) is 4.22. The lowest BCUT2D eigenvalue weighted by Gasteiger charge is -2.08. The molecule has 2 heteroatoms. The molecule has 101 valence electrons. The number of fused-ring (bicyclic) bond motifs is 1. The molecule has 20 heavy (non-hydrogen) atoms. The lowest BCUT2D eigenvalue weighted by Crippen LogP contribution is -2.14. The van der Waals surface area contributed by atoms with Crippen molar-refractivity contribution in [2.75, 3.05) is 20.6 Å². The van der Waals surface area contributed by atoms with Crippen molar-refractivity contribution in [2.24, 2.45) is 0 Å². The van der Waals surface area contributed by atoms with Crippen molar-refractivity contribution in [1.82, 2.24) is 9.88 Å². The minimum absolute atomic E-state index is 1.07. The molecule has 2 aromatic carbocycles. The Balaban J connectivity index is 1.99. The van der Waals surface area contributed by atoms with Gasteiger partial charge in [0.25, 0.3) is 0 Å². The van der Waals surface area contributed by atoms with Gasteiger partial charge in [0.1, 0.15) is 0 Å². The highest BCUT2D eigenvalue weighted by Crippen LogP contribution is 2.26. The number of aromatic amines is 1. The summed E-state index contributed by atoms with van der Waals surface area (Å²) in [5, 5.41) is 1.33. The van der Waals surface area contributed by atoms with Crippen LogP contribution in [0.1, 0.15) is 5.56 Å². The van der Waals surface area contributed by atoms with E-state index in [2.05, 4.69) is 60.5 Å². The molecular formula is C18H19N2. The van der Waals surface area contributed by atoms with Gasteiger partial charge in [0, 0.05) is 23.6 Å². The minimum Gasteiger partial charge on any atom is -0.361 e. The first-order chi connectivity index (χ1) is 9.74. The Labute approximate surface area is 120 Å². The highest BCUT2D eigenvalue weighted by Gasteiger charge is 2.06. The summed E-state index contributed by atoms with van der Waals surface area (Å²) in [6.45, 7) is 1.07. The largest absolute Gasteiger partial charge is 0.361 e. The van der Waals surface area contributed by atoms with Crippen LogP contribution in [0.25, 0.3) is 22.0 Å². The average molecular weight is 263 g/mol. The van der Waals surface area contributed by atoms with E-state index in [1.54, 1.807) is 0 Å². The van der Waals surface area contributed by atoms with Gasteiger partial charge in [-0.1, -0.05) is 24.3 Å². The van der Waals surface area contributed by atoms with E-state index in [0.717, 1.165) is 13.0 Å². The maximum Gasteiger partial charge on any atom is 0.0457 e. The van der Waals surface area contributed by atoms with Crippen molar-refractivity contribution in [1.29, 1.82) is 0 Å². The van der Waals surface area contributed by atoms with Crippen LogP contribution in [0.4, 0.5) is 0 Å². The standard InChI is InChI=1S/C18H19N2/c1-20(2)11-10-16-13-19-18-9-8-15(12-17(16)18)14-6-4-3-5-7-14/h3-4,6-9,12-13,19H,10-11H2,1-2H3. The predicted molar refractivity (Wildman–Crippen MR) is 84.8 cm³/mol. The predicted octanol–water partition coefficient (Wildman–Crippen LogP) is 3.74. The lowest BCUT2D eigenvalue weighted by atomic mass is 10.0. The van der Waals surface area contributed by atoms with Crippen molar-refractivity contribution in [3.8, 4) is 11.1 Å². The summed E-state index contributed by atoms with van der Waals surface area (Å²) >= 11 is 0. The first-order valence-electron chi connectivity index (χ1n) is 6.95. The zero-order chi connectivity index (χ0) is 13.9. The van der Waals surface area contributed by atoms with Gasteiger partial charge in [0.05, 0.1) is 0 Å². The molecule has 0 unspecified atom stereocenters. The Bertz CT molecular complexity index is 696. The highest BCUT2D eigenvalue weighted by atomic mass is 15.0. The average Bonchev–Trinajstić information content (AvgIpc) is 2.88. The highest BCUT2D eigenvalue weighted by molar-refractivity contribution is 5.88. The second-order valence-electron chi connectivity index (χ2n) is 5.42. The van der Waals surface area contributed by atoms with Crippen LogP contribution in [0.3, 0.4) is 0 Å². The van der Waals surface area contributed by atoms with E-state index in [0.29, 0.717) is 0 Å². The zero-order valence-corrected chi connectivity index (χ0v) is 12.0. The molecule has 0 aliphatic rings. The number of likely N-dealkylation sites (N-methyl/N-ethyl adjacent to an activating group) is 1. The Morgan fingerprint density at radius 2 is 2.05 bits per heavy atom. The van der Waals surface area contributed by atoms with E-state index < -0.39 is 0 Å². The van der Waals surface area contributed by atoms with Crippen molar-refractivity contribution < 1.29 is 0 Å². The third kappa shape index (κ3) is 2.61. The molecule has 1 N–H and O–H groups in total. The molecule has 1 radical (unpaired) electrons. The number of nitrogens with zero attached hydrogens (tertiary/aromatic N) is 1. The molecule has 0 amide bonds. The number of nitrogens with one attached hydrogen (secondary N) is 1. The molecular weight excluding hydrogens is 244 g/mol. The maximum atomic E-state index is 3.36. The van der Waals surface area contributed by atoms with Crippen LogP contribution in [0.15, 0.2) is 48.7 Å². The molecule has 0 aliphatic carbocycles. The summed E-state index contributed by atoms with van der Waals surface area (Å²) in [5.41, 5.74) is 5.06. The van der Waals surface area contributed by atoms with Gasteiger partial charge in [-0.05, 0) is 61.5 Å². The fourth-order valence-electron chi connectivity index (χ4n) is 2.48. The van der Waals surface area contributed by atoms with Crippen molar-refractivity contribution in [3.05, 3.63) is 60.3 Å². The fraction of sp³-hybridized carbons (Fsp3) is 0.222. The maximum absolute atomic E-state index is 3.36. The van der Waals surface area contributed by atoms with Crippen LogP contribution in [-0.4, -0.2) is 30.5 Å². The van der Waals surface area contributed by atoms with Crippen LogP contribution < -0.4 is 0 Å². The fourth-order valence-corrected chi connectivity index (χ4v) is 2.48. The van der Waals surface area contributed by atoms with Crippen LogP contribution in [0, 0.1) is 6.07 Å². The van der Waals surface area contributed by atoms with E-state index in [1.807, 2.05) is 18.2 Å². The first-order valence-corrected chi connectivity index (χ1v) is 6.95. The number of aromatic nitrogens is 1. The van der Waals surface area contributed by atoms with Crippen molar-refractivity contribution in [3.63, 3.8) is 0 Å². The number of H-pyrrole nitrogens is 1. The summed E-state index contributed by atoms with van der Waals surface area (Å²) in [6, 6.07) is 17.9. The second-order valence-corrected chi connectivity index (χ2v) is 5.42. The Morgan fingerprint density at radius 1 is 1.15 bits per heavy atom. The van der Waals surface area contributed by atoms with Crippen LogP contribution in [-0.2, 0) is 6.42 Å². The third-order valence-electron chi connectivity index (χ3n) is 3.64. The van der Waals surface area contributed by atoms with E-state index in [9.17, 15) is 0 Å². The molecule has 0 fully saturated rings. The molecule has 0 atom stereocenters. The minimum atomic E-state index is 1.07. The molecule has 1 heterocycles. The number of hydrogen-bond acceptors (Lipinski definition) is 1. The normalized spacial score (nSPS) is 11.3. The van der Waals surface area contributed by atoms with Crippen molar-refractivity contribution in [2.45, 2.75) is 6.42 Å². The van der Waals surface area contributed by atoms with Gasteiger partial charge in [-0.2, -0.15) is 0 Å². The molecule has 2 nitrogen and oxygen atoms in total. The Hall–Kier alpha value is -2.06. The van der Waals surface area contributed by atoms with Crippen molar-refractivity contribution >= 4 is 10.9 Å². The van der Waals surface area contributed by atoms with E-state index in [-0.39, 0.29) is 0 Å². The monoisotopic (exact) mass is 263 g/mol. The molecule has 3 aromatic rings. The molecule has 0 spiro atoms. The Kier molecular flexibility index (Phi) is 3.57. The van der Waals surface area contributed by atoms with Gasteiger partial charge < -0.3 is 9.88 Å². The lowest BCUT2D eigenvalue weighted by molar-refractivity contribution is 0.414. The summed E-state index contributed by atoms with van der Waals surface area (Å²) in [5.74, 6) is 0. The quantitative estimate of drug-likeness (QED) is 0.759. The molecule has 0 aliphatic heterocycles. The van der Waals surface area contributed by atoms with Gasteiger partial charge in [0.2, 0.25) is 0 Å². The van der Waals surface area contributed by atoms with Crippen LogP contribution >= 0.6 is 0 Å². The number of hydrogen-bond donors (Lipinski definition) is 1. The van der Waals surface area contributed by atoms with Gasteiger partial charge >= 0.3 is 0 Å². The third-order valence-corrected chi connectivity index (χ3v) is 3.64. The first kappa shape index (κ1) is 12.9. The smallest absolute Gasteiger partial charge is 0.0457 e.